The van der Waals surface area contributed by atoms with E-state index in [9.17, 15) is 13.2 Å². The first-order valence-electron chi connectivity index (χ1n) is 9.17. The Kier molecular flexibility index (Phi) is 7.64. The molecule has 0 aromatic heterocycles. The van der Waals surface area contributed by atoms with Crippen molar-refractivity contribution < 1.29 is 13.2 Å². The highest BCUT2D eigenvalue weighted by Gasteiger charge is 2.29. The van der Waals surface area contributed by atoms with Crippen molar-refractivity contribution in [3.05, 3.63) is 29.8 Å². The van der Waals surface area contributed by atoms with Crippen LogP contribution >= 0.6 is 12.4 Å². The minimum atomic E-state index is -3.47. The Balaban J connectivity index is 0.00000261. The standard InChI is InChI=1S/C18H26N4O3S.ClH/c19-14-7-6-12-22(13-14)17(23)10-2-1-5-11-20-18-15-8-3-4-9-16(15)26(24,25)21-18;/h3-4,8-9,14H,1-2,5-7,10-13,19H2,(H,20,21);1H. The largest absolute Gasteiger partial charge is 0.341 e. The maximum Gasteiger partial charge on any atom is 0.263 e. The number of nitrogens with two attached hydrogens (primary N) is 1. The van der Waals surface area contributed by atoms with Crippen molar-refractivity contribution in [2.45, 2.75) is 49.5 Å². The number of amidine groups is 1. The van der Waals surface area contributed by atoms with Crippen molar-refractivity contribution in [2.24, 2.45) is 10.7 Å². The van der Waals surface area contributed by atoms with Crippen LogP contribution in [0.4, 0.5) is 0 Å². The van der Waals surface area contributed by atoms with Gasteiger partial charge in [0.05, 0.1) is 4.90 Å². The molecular weight excluding hydrogens is 388 g/mol. The second-order valence-corrected chi connectivity index (χ2v) is 8.54. The zero-order valence-corrected chi connectivity index (χ0v) is 16.9. The highest BCUT2D eigenvalue weighted by Crippen LogP contribution is 2.22. The van der Waals surface area contributed by atoms with E-state index >= 15 is 0 Å². The molecule has 1 amide bonds. The lowest BCUT2D eigenvalue weighted by molar-refractivity contribution is -0.132. The molecule has 1 saturated heterocycles. The molecule has 1 aromatic carbocycles. The van der Waals surface area contributed by atoms with E-state index in [4.69, 9.17) is 5.73 Å². The molecule has 3 rings (SSSR count). The second-order valence-electron chi connectivity index (χ2n) is 6.88. The number of fused-ring (bicyclic) bond motifs is 1. The summed E-state index contributed by atoms with van der Waals surface area (Å²) in [6.45, 7) is 2.03. The number of halogens is 1. The number of aliphatic imine (C=N–C) groups is 1. The third kappa shape index (κ3) is 5.43. The van der Waals surface area contributed by atoms with Crippen LogP contribution in [-0.4, -0.2) is 50.7 Å². The van der Waals surface area contributed by atoms with Crippen LogP contribution in [0, 0.1) is 0 Å². The van der Waals surface area contributed by atoms with Crippen molar-refractivity contribution >= 4 is 34.2 Å². The van der Waals surface area contributed by atoms with Gasteiger partial charge in [-0.1, -0.05) is 18.6 Å². The van der Waals surface area contributed by atoms with Crippen molar-refractivity contribution in [3.8, 4) is 0 Å². The lowest BCUT2D eigenvalue weighted by Gasteiger charge is -2.30. The molecule has 9 heteroatoms. The molecule has 2 heterocycles. The van der Waals surface area contributed by atoms with Crippen molar-refractivity contribution in [2.75, 3.05) is 19.6 Å². The molecule has 1 unspecified atom stereocenters. The molecule has 0 aliphatic carbocycles. The smallest absolute Gasteiger partial charge is 0.263 e. The number of hydrogen-bond donors (Lipinski definition) is 2. The minimum Gasteiger partial charge on any atom is -0.341 e. The van der Waals surface area contributed by atoms with Crippen LogP contribution < -0.4 is 10.5 Å². The van der Waals surface area contributed by atoms with Gasteiger partial charge in [-0.15, -0.1) is 12.4 Å². The summed E-state index contributed by atoms with van der Waals surface area (Å²) in [5, 5.41) is 0. The highest BCUT2D eigenvalue weighted by molar-refractivity contribution is 7.90. The van der Waals surface area contributed by atoms with Crippen LogP contribution in [0.3, 0.4) is 0 Å². The molecule has 0 bridgehead atoms. The Morgan fingerprint density at radius 3 is 2.81 bits per heavy atom. The molecule has 3 N–H and O–H groups in total. The van der Waals surface area contributed by atoms with Crippen LogP contribution in [-0.2, 0) is 14.8 Å². The molecule has 1 fully saturated rings. The maximum atomic E-state index is 12.2. The topological polar surface area (TPSA) is 105 Å². The van der Waals surface area contributed by atoms with E-state index in [2.05, 4.69) is 9.71 Å². The maximum absolute atomic E-state index is 12.2. The molecule has 7 nitrogen and oxygen atoms in total. The van der Waals surface area contributed by atoms with Gasteiger partial charge in [-0.2, -0.15) is 0 Å². The Labute approximate surface area is 166 Å². The van der Waals surface area contributed by atoms with E-state index in [0.717, 1.165) is 38.6 Å². The van der Waals surface area contributed by atoms with Crippen LogP contribution in [0.15, 0.2) is 34.2 Å². The predicted octanol–water partition coefficient (Wildman–Crippen LogP) is 1.66. The normalized spacial score (nSPS) is 22.0. The highest BCUT2D eigenvalue weighted by atomic mass is 35.5. The molecule has 1 aromatic rings. The number of rotatable bonds is 6. The monoisotopic (exact) mass is 414 g/mol. The Morgan fingerprint density at radius 2 is 2.04 bits per heavy atom. The van der Waals surface area contributed by atoms with E-state index in [0.29, 0.717) is 30.9 Å². The van der Waals surface area contributed by atoms with Crippen LogP contribution in [0.25, 0.3) is 0 Å². The number of amides is 1. The summed E-state index contributed by atoms with van der Waals surface area (Å²) < 4.78 is 26.5. The van der Waals surface area contributed by atoms with E-state index in [1.807, 2.05) is 4.90 Å². The fraction of sp³-hybridized carbons (Fsp3) is 0.556. The molecule has 0 saturated carbocycles. The first-order valence-corrected chi connectivity index (χ1v) is 10.7. The Hall–Kier alpha value is -1.64. The number of likely N-dealkylation sites (tertiary alicyclic amines) is 1. The summed E-state index contributed by atoms with van der Waals surface area (Å²) >= 11 is 0. The number of nitrogens with zero attached hydrogens (tertiary/aromatic N) is 2. The first-order chi connectivity index (χ1) is 12.5. The van der Waals surface area contributed by atoms with Crippen molar-refractivity contribution in [3.63, 3.8) is 0 Å². The quantitative estimate of drug-likeness (QED) is 0.690. The van der Waals surface area contributed by atoms with Gasteiger partial charge in [0.2, 0.25) is 5.91 Å². The van der Waals surface area contributed by atoms with E-state index in [-0.39, 0.29) is 29.3 Å². The molecule has 2 aliphatic rings. The lowest BCUT2D eigenvalue weighted by atomic mass is 10.1. The summed E-state index contributed by atoms with van der Waals surface area (Å²) in [6, 6.07) is 6.95. The molecular formula is C18H27ClN4O3S. The Bertz CT molecular complexity index is 798. The van der Waals surface area contributed by atoms with Gasteiger partial charge in [0.1, 0.15) is 5.84 Å². The van der Waals surface area contributed by atoms with Crippen molar-refractivity contribution in [1.29, 1.82) is 0 Å². The minimum absolute atomic E-state index is 0. The molecule has 2 aliphatic heterocycles. The zero-order chi connectivity index (χ0) is 18.6. The summed E-state index contributed by atoms with van der Waals surface area (Å²) in [4.78, 5) is 18.7. The van der Waals surface area contributed by atoms with Gasteiger partial charge in [-0.3, -0.25) is 14.5 Å². The van der Waals surface area contributed by atoms with Gasteiger partial charge in [0, 0.05) is 37.7 Å². The number of sulfonamides is 1. The van der Waals surface area contributed by atoms with Crippen LogP contribution in [0.5, 0.6) is 0 Å². The number of carbonyl (C=O) groups excluding carboxylic acids is 1. The number of hydrogen-bond acceptors (Lipinski definition) is 5. The average molecular weight is 415 g/mol. The lowest BCUT2D eigenvalue weighted by Crippen LogP contribution is -2.45. The number of carbonyl (C=O) groups is 1. The average Bonchev–Trinajstić information content (AvgIpc) is 2.89. The van der Waals surface area contributed by atoms with E-state index in [1.165, 1.54) is 0 Å². The molecule has 0 spiro atoms. The summed E-state index contributed by atoms with van der Waals surface area (Å²) in [5.41, 5.74) is 6.54. The zero-order valence-electron chi connectivity index (χ0n) is 15.3. The molecule has 150 valence electrons. The van der Waals surface area contributed by atoms with Gasteiger partial charge < -0.3 is 10.6 Å². The fourth-order valence-electron chi connectivity index (χ4n) is 3.40. The number of nitrogens with one attached hydrogen (secondary N) is 1. The summed E-state index contributed by atoms with van der Waals surface area (Å²) in [6.07, 6.45) is 5.05. The number of piperidine rings is 1. The van der Waals surface area contributed by atoms with Gasteiger partial charge in [-0.25, -0.2) is 8.42 Å². The SMILES string of the molecule is Cl.NC1CCCN(C(=O)CCCCCN=C2NS(=O)(=O)c3ccccc32)C1. The van der Waals surface area contributed by atoms with Crippen LogP contribution in [0.1, 0.15) is 44.1 Å². The molecule has 0 radical (unpaired) electrons. The van der Waals surface area contributed by atoms with Gasteiger partial charge in [0.25, 0.3) is 10.0 Å². The third-order valence-corrected chi connectivity index (χ3v) is 6.19. The predicted molar refractivity (Wildman–Crippen MR) is 108 cm³/mol. The van der Waals surface area contributed by atoms with Crippen molar-refractivity contribution in [1.82, 2.24) is 9.62 Å². The van der Waals surface area contributed by atoms with Gasteiger partial charge >= 0.3 is 0 Å². The van der Waals surface area contributed by atoms with Gasteiger partial charge in [0.15, 0.2) is 0 Å². The fourth-order valence-corrected chi connectivity index (χ4v) is 4.65. The molecule has 27 heavy (non-hydrogen) atoms. The van der Waals surface area contributed by atoms with E-state index < -0.39 is 10.0 Å². The Morgan fingerprint density at radius 1 is 1.26 bits per heavy atom. The summed E-state index contributed by atoms with van der Waals surface area (Å²) in [7, 11) is -3.47. The second kappa shape index (κ2) is 9.52. The summed E-state index contributed by atoms with van der Waals surface area (Å²) in [5.74, 6) is 0.600. The van der Waals surface area contributed by atoms with Crippen LogP contribution in [0.2, 0.25) is 0 Å². The third-order valence-electron chi connectivity index (χ3n) is 4.79. The molecule has 1 atom stereocenters. The first kappa shape index (κ1) is 21.7. The van der Waals surface area contributed by atoms with E-state index in [1.54, 1.807) is 24.3 Å². The number of unbranched alkanes of at least 4 members (excludes halogenated alkanes) is 2. The van der Waals surface area contributed by atoms with Gasteiger partial charge in [-0.05, 0) is 37.8 Å². The number of benzene rings is 1.